The molecule has 4 heteroatoms. The fraction of sp³-hybridized carbons (Fsp3) is 0.278. The molecule has 0 unspecified atom stereocenters. The molecule has 2 aromatic carbocycles. The number of carbonyl (C=O) groups excluding carboxylic acids is 1. The van der Waals surface area contributed by atoms with Gasteiger partial charge < -0.3 is 9.64 Å². The lowest BCUT2D eigenvalue weighted by atomic mass is 10.1. The largest absolute Gasteiger partial charge is 0.489 e. The van der Waals surface area contributed by atoms with Crippen molar-refractivity contribution < 1.29 is 13.9 Å². The zero-order chi connectivity index (χ0) is 15.9. The van der Waals surface area contributed by atoms with Crippen LogP contribution in [0, 0.1) is 5.82 Å². The van der Waals surface area contributed by atoms with Crippen LogP contribution < -0.4 is 4.74 Å². The topological polar surface area (TPSA) is 29.5 Å². The Balaban J connectivity index is 1.87. The van der Waals surface area contributed by atoms with Crippen LogP contribution in [0.1, 0.15) is 22.8 Å². The third-order valence-electron chi connectivity index (χ3n) is 3.48. The smallest absolute Gasteiger partial charge is 0.253 e. The predicted molar refractivity (Wildman–Crippen MR) is 84.7 cm³/mol. The molecule has 0 fully saturated rings. The van der Waals surface area contributed by atoms with Crippen molar-refractivity contribution in [1.29, 1.82) is 0 Å². The van der Waals surface area contributed by atoms with Gasteiger partial charge >= 0.3 is 0 Å². The summed E-state index contributed by atoms with van der Waals surface area (Å²) in [6, 6.07) is 13.8. The van der Waals surface area contributed by atoms with Crippen molar-refractivity contribution in [2.75, 3.05) is 20.2 Å². The molecule has 0 heterocycles. The molecule has 3 nitrogen and oxygen atoms in total. The van der Waals surface area contributed by atoms with Gasteiger partial charge in [0.25, 0.3) is 5.91 Å². The highest BCUT2D eigenvalue weighted by Gasteiger charge is 2.11. The van der Waals surface area contributed by atoms with Crippen LogP contribution in [0.15, 0.2) is 48.5 Å². The van der Waals surface area contributed by atoms with E-state index in [4.69, 9.17) is 4.74 Å². The zero-order valence-electron chi connectivity index (χ0n) is 12.9. The average Bonchev–Trinajstić information content (AvgIpc) is 2.56. The Bertz CT molecular complexity index is 625. The van der Waals surface area contributed by atoms with E-state index in [9.17, 15) is 9.18 Å². The highest BCUT2D eigenvalue weighted by Crippen LogP contribution is 2.15. The molecule has 0 saturated carbocycles. The molecule has 1 amide bonds. The van der Waals surface area contributed by atoms with Gasteiger partial charge in [-0.25, -0.2) is 4.39 Å². The first kappa shape index (κ1) is 16.0. The highest BCUT2D eigenvalue weighted by atomic mass is 19.1. The summed E-state index contributed by atoms with van der Waals surface area (Å²) in [5.74, 6) is -0.262. The van der Waals surface area contributed by atoms with E-state index in [0.29, 0.717) is 12.1 Å². The lowest BCUT2D eigenvalue weighted by Gasteiger charge is -2.18. The van der Waals surface area contributed by atoms with E-state index >= 15 is 0 Å². The third kappa shape index (κ3) is 4.07. The van der Waals surface area contributed by atoms with Crippen molar-refractivity contribution in [3.8, 4) is 5.75 Å². The van der Waals surface area contributed by atoms with Crippen molar-refractivity contribution in [3.05, 3.63) is 65.5 Å². The summed E-state index contributed by atoms with van der Waals surface area (Å²) in [6.07, 6.45) is 0.945. The summed E-state index contributed by atoms with van der Waals surface area (Å²) in [5, 5.41) is 0. The number of ether oxygens (including phenoxy) is 1. The first-order valence-corrected chi connectivity index (χ1v) is 7.33. The van der Waals surface area contributed by atoms with E-state index < -0.39 is 5.82 Å². The second-order valence-corrected chi connectivity index (χ2v) is 5.06. The number of hydrogen-bond donors (Lipinski definition) is 0. The average molecular weight is 301 g/mol. The summed E-state index contributed by atoms with van der Waals surface area (Å²) < 4.78 is 18.8. The molecule has 2 aromatic rings. The molecule has 22 heavy (non-hydrogen) atoms. The molecule has 0 radical (unpaired) electrons. The van der Waals surface area contributed by atoms with Gasteiger partial charge in [-0.1, -0.05) is 31.2 Å². The number of amides is 1. The number of halogens is 1. The summed E-state index contributed by atoms with van der Waals surface area (Å²) >= 11 is 0. The van der Waals surface area contributed by atoms with E-state index in [1.165, 1.54) is 11.6 Å². The van der Waals surface area contributed by atoms with Gasteiger partial charge in [-0.2, -0.15) is 0 Å². The van der Waals surface area contributed by atoms with Gasteiger partial charge in [-0.15, -0.1) is 0 Å². The number of benzene rings is 2. The minimum atomic E-state index is -0.397. The van der Waals surface area contributed by atoms with Crippen LogP contribution in [0.3, 0.4) is 0 Å². The Morgan fingerprint density at radius 2 is 1.82 bits per heavy atom. The molecule has 0 atom stereocenters. The van der Waals surface area contributed by atoms with Crippen LogP contribution >= 0.6 is 0 Å². The second kappa shape index (κ2) is 7.59. The summed E-state index contributed by atoms with van der Waals surface area (Å²) in [4.78, 5) is 13.8. The second-order valence-electron chi connectivity index (χ2n) is 5.06. The molecular formula is C18H20FNO2. The number of aryl methyl sites for hydroxylation is 1. The predicted octanol–water partition coefficient (Wildman–Crippen LogP) is 3.54. The molecule has 0 aliphatic carbocycles. The Morgan fingerprint density at radius 3 is 2.45 bits per heavy atom. The maximum Gasteiger partial charge on any atom is 0.253 e. The van der Waals surface area contributed by atoms with Crippen LogP contribution in [0.2, 0.25) is 0 Å². The minimum Gasteiger partial charge on any atom is -0.489 e. The third-order valence-corrected chi connectivity index (χ3v) is 3.48. The van der Waals surface area contributed by atoms with E-state index in [1.807, 2.05) is 24.3 Å². The lowest BCUT2D eigenvalue weighted by Crippen LogP contribution is -2.30. The maximum absolute atomic E-state index is 13.4. The summed E-state index contributed by atoms with van der Waals surface area (Å²) in [5.41, 5.74) is 1.84. The number of nitrogens with zero attached hydrogens (tertiary/aromatic N) is 1. The summed E-state index contributed by atoms with van der Waals surface area (Å²) in [7, 11) is 1.71. The van der Waals surface area contributed by atoms with Crippen LogP contribution in [0.5, 0.6) is 5.75 Å². The van der Waals surface area contributed by atoms with Crippen molar-refractivity contribution in [1.82, 2.24) is 4.90 Å². The summed E-state index contributed by atoms with van der Waals surface area (Å²) in [6.45, 7) is 2.71. The van der Waals surface area contributed by atoms with Crippen molar-refractivity contribution in [3.63, 3.8) is 0 Å². The molecule has 0 bridgehead atoms. The number of likely N-dealkylation sites (N-methyl/N-ethyl adjacent to an activating group) is 1. The first-order valence-electron chi connectivity index (χ1n) is 7.33. The standard InChI is InChI=1S/C18H20FNO2/c1-3-14-8-10-15(11-9-14)18(21)20(2)12-13-22-17-7-5-4-6-16(17)19/h4-11H,3,12-13H2,1-2H3. The molecule has 0 aliphatic heterocycles. The van der Waals surface area contributed by atoms with Gasteiger partial charge in [-0.05, 0) is 36.2 Å². The molecule has 0 N–H and O–H groups in total. The minimum absolute atomic E-state index is 0.0696. The Morgan fingerprint density at radius 1 is 1.14 bits per heavy atom. The van der Waals surface area contributed by atoms with Crippen LogP contribution in [-0.4, -0.2) is 31.0 Å². The Kier molecular flexibility index (Phi) is 5.53. The van der Waals surface area contributed by atoms with Gasteiger partial charge in [0.05, 0.1) is 6.54 Å². The van der Waals surface area contributed by atoms with Gasteiger partial charge in [0.15, 0.2) is 11.6 Å². The van der Waals surface area contributed by atoms with E-state index in [1.54, 1.807) is 30.1 Å². The molecule has 116 valence electrons. The molecule has 0 saturated heterocycles. The van der Waals surface area contributed by atoms with Gasteiger partial charge in [-0.3, -0.25) is 4.79 Å². The van der Waals surface area contributed by atoms with E-state index in [2.05, 4.69) is 6.92 Å². The SMILES string of the molecule is CCc1ccc(C(=O)N(C)CCOc2ccccc2F)cc1. The van der Waals surface area contributed by atoms with Crippen molar-refractivity contribution in [2.45, 2.75) is 13.3 Å². The van der Waals surface area contributed by atoms with Gasteiger partial charge in [0.2, 0.25) is 0 Å². The quantitative estimate of drug-likeness (QED) is 0.817. The monoisotopic (exact) mass is 301 g/mol. The molecule has 0 aliphatic rings. The molecule has 0 spiro atoms. The number of para-hydroxylation sites is 1. The van der Waals surface area contributed by atoms with E-state index in [-0.39, 0.29) is 18.3 Å². The number of carbonyl (C=O) groups is 1. The highest BCUT2D eigenvalue weighted by molar-refractivity contribution is 5.94. The first-order chi connectivity index (χ1) is 10.6. The van der Waals surface area contributed by atoms with E-state index in [0.717, 1.165) is 6.42 Å². The van der Waals surface area contributed by atoms with Crippen LogP contribution in [-0.2, 0) is 6.42 Å². The normalized spacial score (nSPS) is 10.3. The van der Waals surface area contributed by atoms with Gasteiger partial charge in [0, 0.05) is 12.6 Å². The fourth-order valence-corrected chi connectivity index (χ4v) is 2.06. The molecular weight excluding hydrogens is 281 g/mol. The number of rotatable bonds is 6. The van der Waals surface area contributed by atoms with Crippen molar-refractivity contribution >= 4 is 5.91 Å². The fourth-order valence-electron chi connectivity index (χ4n) is 2.06. The van der Waals surface area contributed by atoms with Crippen molar-refractivity contribution in [2.24, 2.45) is 0 Å². The molecule has 0 aromatic heterocycles. The number of hydrogen-bond acceptors (Lipinski definition) is 2. The zero-order valence-corrected chi connectivity index (χ0v) is 12.9. The maximum atomic E-state index is 13.4. The van der Waals surface area contributed by atoms with Gasteiger partial charge in [0.1, 0.15) is 6.61 Å². The Labute approximate surface area is 130 Å². The van der Waals surface area contributed by atoms with Crippen LogP contribution in [0.25, 0.3) is 0 Å². The Hall–Kier alpha value is -2.36. The van der Waals surface area contributed by atoms with Crippen LogP contribution in [0.4, 0.5) is 4.39 Å². The molecule has 2 rings (SSSR count). The lowest BCUT2D eigenvalue weighted by molar-refractivity contribution is 0.0773.